The first-order chi connectivity index (χ1) is 13.5. The molecular formula is C22H21ClN4O. The second kappa shape index (κ2) is 8.64. The lowest BCUT2D eigenvalue weighted by Crippen LogP contribution is -2.15. The number of halogens is 1. The van der Waals surface area contributed by atoms with E-state index in [9.17, 15) is 4.79 Å². The van der Waals surface area contributed by atoms with E-state index in [1.165, 1.54) is 6.08 Å². The summed E-state index contributed by atoms with van der Waals surface area (Å²) in [5, 5.41) is 13.4. The number of hydrogen-bond donors (Lipinski definition) is 1. The number of rotatable bonds is 6. The predicted molar refractivity (Wildman–Crippen MR) is 116 cm³/mol. The van der Waals surface area contributed by atoms with Gasteiger partial charge in [0.05, 0.1) is 23.9 Å². The maximum absolute atomic E-state index is 12.5. The molecule has 0 saturated carbocycles. The van der Waals surface area contributed by atoms with Crippen molar-refractivity contribution in [3.8, 4) is 6.07 Å². The molecule has 0 atom stereocenters. The van der Waals surface area contributed by atoms with Crippen LogP contribution in [0.25, 0.3) is 17.0 Å². The largest absolute Gasteiger partial charge is 0.376 e. The second-order valence-electron chi connectivity index (χ2n) is 6.58. The summed E-state index contributed by atoms with van der Waals surface area (Å²) in [5.41, 5.74) is 3.51. The molecule has 28 heavy (non-hydrogen) atoms. The van der Waals surface area contributed by atoms with Crippen LogP contribution in [0.4, 0.5) is 11.4 Å². The summed E-state index contributed by atoms with van der Waals surface area (Å²) in [6, 6.07) is 15.5. The quantitative estimate of drug-likeness (QED) is 0.605. The van der Waals surface area contributed by atoms with Gasteiger partial charge in [-0.25, -0.2) is 0 Å². The zero-order chi connectivity index (χ0) is 20.1. The molecule has 1 aromatic heterocycles. The van der Waals surface area contributed by atoms with Gasteiger partial charge in [0.2, 0.25) is 5.91 Å². The average molecular weight is 393 g/mol. The molecule has 0 unspecified atom stereocenters. The van der Waals surface area contributed by atoms with Crippen LogP contribution in [0.5, 0.6) is 0 Å². The summed E-state index contributed by atoms with van der Waals surface area (Å²) < 4.78 is 2.04. The van der Waals surface area contributed by atoms with E-state index in [0.29, 0.717) is 23.7 Å². The zero-order valence-corrected chi connectivity index (χ0v) is 16.6. The minimum atomic E-state index is -0.237. The zero-order valence-electron chi connectivity index (χ0n) is 15.8. The van der Waals surface area contributed by atoms with Crippen molar-refractivity contribution in [2.24, 2.45) is 0 Å². The van der Waals surface area contributed by atoms with Crippen LogP contribution in [0, 0.1) is 11.3 Å². The van der Waals surface area contributed by atoms with E-state index in [4.69, 9.17) is 16.9 Å². The fourth-order valence-electron chi connectivity index (χ4n) is 3.10. The van der Waals surface area contributed by atoms with Gasteiger partial charge in [0, 0.05) is 54.4 Å². The summed E-state index contributed by atoms with van der Waals surface area (Å²) in [7, 11) is 3.82. The Kier molecular flexibility index (Phi) is 6.03. The number of para-hydroxylation sites is 1. The van der Waals surface area contributed by atoms with Crippen LogP contribution in [0.2, 0.25) is 5.02 Å². The van der Waals surface area contributed by atoms with Gasteiger partial charge in [0.25, 0.3) is 0 Å². The number of aromatic nitrogens is 1. The fourth-order valence-corrected chi connectivity index (χ4v) is 3.27. The van der Waals surface area contributed by atoms with Gasteiger partial charge < -0.3 is 14.8 Å². The lowest BCUT2D eigenvalue weighted by molar-refractivity contribution is -0.111. The van der Waals surface area contributed by atoms with Crippen molar-refractivity contribution in [1.82, 2.24) is 4.57 Å². The number of nitrogens with zero attached hydrogens (tertiary/aromatic N) is 3. The van der Waals surface area contributed by atoms with Gasteiger partial charge in [0.1, 0.15) is 0 Å². The molecule has 0 aliphatic rings. The molecule has 0 aliphatic heterocycles. The van der Waals surface area contributed by atoms with E-state index in [-0.39, 0.29) is 5.91 Å². The number of amides is 1. The minimum Gasteiger partial charge on any atom is -0.376 e. The Bertz CT molecular complexity index is 1080. The normalized spacial score (nSPS) is 10.9. The van der Waals surface area contributed by atoms with Gasteiger partial charge in [-0.05, 0) is 30.3 Å². The maximum Gasteiger partial charge on any atom is 0.248 e. The molecule has 3 aromatic rings. The van der Waals surface area contributed by atoms with Crippen LogP contribution < -0.4 is 10.2 Å². The van der Waals surface area contributed by atoms with E-state index in [0.717, 1.165) is 22.2 Å². The van der Waals surface area contributed by atoms with Crippen LogP contribution in [0.3, 0.4) is 0 Å². The standard InChI is InChI=1S/C22H21ClN4O/c1-26(2)21-10-9-17(23)14-19(21)25-22(28)11-8-16-15-27(13-5-12-24)20-7-4-3-6-18(16)20/h3-4,6-11,14-15H,5,13H2,1-2H3,(H,25,28)/b11-8+. The lowest BCUT2D eigenvalue weighted by atomic mass is 10.1. The third-order valence-electron chi connectivity index (χ3n) is 4.40. The Morgan fingerprint density at radius 3 is 2.82 bits per heavy atom. The monoisotopic (exact) mass is 392 g/mol. The van der Waals surface area contributed by atoms with Gasteiger partial charge in [-0.1, -0.05) is 29.8 Å². The third kappa shape index (κ3) is 4.36. The molecule has 0 saturated heterocycles. The van der Waals surface area contributed by atoms with Crippen LogP contribution in [-0.4, -0.2) is 24.6 Å². The van der Waals surface area contributed by atoms with E-state index in [2.05, 4.69) is 11.4 Å². The highest BCUT2D eigenvalue weighted by molar-refractivity contribution is 6.31. The molecule has 1 heterocycles. The first-order valence-corrected chi connectivity index (χ1v) is 9.28. The Morgan fingerprint density at radius 2 is 2.07 bits per heavy atom. The van der Waals surface area contributed by atoms with Gasteiger partial charge in [0.15, 0.2) is 0 Å². The number of benzene rings is 2. The van der Waals surface area contributed by atoms with Crippen LogP contribution in [-0.2, 0) is 11.3 Å². The number of aryl methyl sites for hydroxylation is 1. The Morgan fingerprint density at radius 1 is 1.29 bits per heavy atom. The minimum absolute atomic E-state index is 0.237. The number of carbonyl (C=O) groups is 1. The number of carbonyl (C=O) groups excluding carboxylic acids is 1. The summed E-state index contributed by atoms with van der Waals surface area (Å²) in [5.74, 6) is -0.237. The molecule has 0 aliphatic carbocycles. The van der Waals surface area contributed by atoms with Crippen molar-refractivity contribution in [2.75, 3.05) is 24.3 Å². The smallest absolute Gasteiger partial charge is 0.248 e. The number of fused-ring (bicyclic) bond motifs is 1. The highest BCUT2D eigenvalue weighted by atomic mass is 35.5. The molecule has 142 valence electrons. The van der Waals surface area contributed by atoms with Crippen LogP contribution >= 0.6 is 11.6 Å². The van der Waals surface area contributed by atoms with Crippen LogP contribution in [0.1, 0.15) is 12.0 Å². The SMILES string of the molecule is CN(C)c1ccc(Cl)cc1NC(=O)/C=C/c1cn(CCC#N)c2ccccc12. The van der Waals surface area contributed by atoms with Crippen molar-refractivity contribution in [2.45, 2.75) is 13.0 Å². The first kappa shape index (κ1) is 19.5. The predicted octanol–water partition coefficient (Wildman–Crippen LogP) is 4.93. The highest BCUT2D eigenvalue weighted by Crippen LogP contribution is 2.28. The molecule has 2 aromatic carbocycles. The third-order valence-corrected chi connectivity index (χ3v) is 4.63. The number of nitriles is 1. The van der Waals surface area contributed by atoms with Crippen molar-refractivity contribution in [3.05, 3.63) is 65.3 Å². The molecule has 0 fully saturated rings. The van der Waals surface area contributed by atoms with Gasteiger partial charge in [-0.3, -0.25) is 4.79 Å². The molecule has 0 bridgehead atoms. The summed E-state index contributed by atoms with van der Waals surface area (Å²) >= 11 is 6.07. The van der Waals surface area contributed by atoms with Crippen LogP contribution in [0.15, 0.2) is 54.7 Å². The van der Waals surface area contributed by atoms with E-state index >= 15 is 0 Å². The molecule has 6 heteroatoms. The van der Waals surface area contributed by atoms with E-state index in [1.54, 1.807) is 18.2 Å². The average Bonchev–Trinajstić information content (AvgIpc) is 3.02. The molecule has 1 amide bonds. The number of hydrogen-bond acceptors (Lipinski definition) is 3. The molecule has 0 radical (unpaired) electrons. The van der Waals surface area contributed by atoms with Crippen molar-refractivity contribution in [3.63, 3.8) is 0 Å². The fraction of sp³-hybridized carbons (Fsp3) is 0.182. The Labute approximate surface area is 169 Å². The molecule has 1 N–H and O–H groups in total. The van der Waals surface area contributed by atoms with Crippen molar-refractivity contribution in [1.29, 1.82) is 5.26 Å². The molecule has 5 nitrogen and oxygen atoms in total. The molecule has 3 rings (SSSR count). The summed E-state index contributed by atoms with van der Waals surface area (Å²) in [4.78, 5) is 14.4. The maximum atomic E-state index is 12.5. The van der Waals surface area contributed by atoms with Gasteiger partial charge in [-0.15, -0.1) is 0 Å². The second-order valence-corrected chi connectivity index (χ2v) is 7.02. The van der Waals surface area contributed by atoms with Gasteiger partial charge in [-0.2, -0.15) is 5.26 Å². The van der Waals surface area contributed by atoms with Crippen molar-refractivity contribution < 1.29 is 4.79 Å². The molecule has 0 spiro atoms. The molecular weight excluding hydrogens is 372 g/mol. The summed E-state index contributed by atoms with van der Waals surface area (Å²) in [6.07, 6.45) is 5.71. The first-order valence-electron chi connectivity index (χ1n) is 8.90. The number of nitrogens with one attached hydrogen (secondary N) is 1. The lowest BCUT2D eigenvalue weighted by Gasteiger charge is -2.17. The summed E-state index contributed by atoms with van der Waals surface area (Å²) in [6.45, 7) is 0.617. The Hall–Kier alpha value is -3.23. The van der Waals surface area contributed by atoms with E-state index in [1.807, 2.05) is 60.1 Å². The van der Waals surface area contributed by atoms with Crippen molar-refractivity contribution >= 4 is 45.9 Å². The number of anilines is 2. The van der Waals surface area contributed by atoms with Gasteiger partial charge >= 0.3 is 0 Å². The topological polar surface area (TPSA) is 61.1 Å². The Balaban J connectivity index is 1.84. The highest BCUT2D eigenvalue weighted by Gasteiger charge is 2.09. The van der Waals surface area contributed by atoms with E-state index < -0.39 is 0 Å².